The first-order chi connectivity index (χ1) is 14.1. The van der Waals surface area contributed by atoms with E-state index in [-0.39, 0.29) is 5.91 Å². The van der Waals surface area contributed by atoms with Crippen LogP contribution in [0.25, 0.3) is 5.00 Å². The van der Waals surface area contributed by atoms with Gasteiger partial charge in [-0.05, 0) is 37.6 Å². The second kappa shape index (κ2) is 8.75. The summed E-state index contributed by atoms with van der Waals surface area (Å²) in [6.45, 7) is 9.27. The van der Waals surface area contributed by atoms with Crippen molar-refractivity contribution < 1.29 is 4.79 Å². The van der Waals surface area contributed by atoms with Gasteiger partial charge in [-0.2, -0.15) is 0 Å². The van der Waals surface area contributed by atoms with Gasteiger partial charge in [0.25, 0.3) is 5.91 Å². The van der Waals surface area contributed by atoms with E-state index in [4.69, 9.17) is 0 Å². The van der Waals surface area contributed by atoms with Gasteiger partial charge in [-0.25, -0.2) is 9.97 Å². The third-order valence-electron chi connectivity index (χ3n) is 5.35. The Morgan fingerprint density at radius 1 is 1.07 bits per heavy atom. The number of aromatic nitrogens is 3. The zero-order valence-electron chi connectivity index (χ0n) is 16.8. The van der Waals surface area contributed by atoms with Crippen molar-refractivity contribution in [2.24, 2.45) is 0 Å². The van der Waals surface area contributed by atoms with E-state index in [1.54, 1.807) is 23.7 Å². The fourth-order valence-electron chi connectivity index (χ4n) is 3.57. The summed E-state index contributed by atoms with van der Waals surface area (Å²) in [5.74, 6) is 0.799. The SMILES string of the molecule is Cc1sc(-n2cccc2)c(C(=O)NCCN2CCN(c3ncccn3)CC2)c1C. The summed E-state index contributed by atoms with van der Waals surface area (Å²) in [6, 6.07) is 5.79. The van der Waals surface area contributed by atoms with Crippen molar-refractivity contribution in [2.45, 2.75) is 13.8 Å². The van der Waals surface area contributed by atoms with Crippen LogP contribution in [0.5, 0.6) is 0 Å². The van der Waals surface area contributed by atoms with Crippen molar-refractivity contribution in [1.29, 1.82) is 0 Å². The molecule has 0 spiro atoms. The zero-order chi connectivity index (χ0) is 20.2. The van der Waals surface area contributed by atoms with Crippen LogP contribution in [-0.2, 0) is 0 Å². The highest BCUT2D eigenvalue weighted by atomic mass is 32.1. The van der Waals surface area contributed by atoms with Gasteiger partial charge in [0, 0.05) is 68.9 Å². The molecule has 1 aliphatic heterocycles. The van der Waals surface area contributed by atoms with Gasteiger partial charge in [-0.1, -0.05) is 0 Å². The van der Waals surface area contributed by atoms with Gasteiger partial charge in [0.05, 0.1) is 5.56 Å². The van der Waals surface area contributed by atoms with Gasteiger partial charge < -0.3 is 14.8 Å². The van der Waals surface area contributed by atoms with Gasteiger partial charge in [0.2, 0.25) is 5.95 Å². The van der Waals surface area contributed by atoms with Gasteiger partial charge in [-0.3, -0.25) is 9.69 Å². The fourth-order valence-corrected chi connectivity index (χ4v) is 4.69. The molecule has 8 heteroatoms. The molecule has 0 atom stereocenters. The summed E-state index contributed by atoms with van der Waals surface area (Å²) in [7, 11) is 0. The predicted octanol–water partition coefficient (Wildman–Crippen LogP) is 2.50. The first-order valence-electron chi connectivity index (χ1n) is 9.89. The second-order valence-corrected chi connectivity index (χ2v) is 8.39. The Kier molecular flexibility index (Phi) is 5.92. The van der Waals surface area contributed by atoms with Crippen LogP contribution in [0.3, 0.4) is 0 Å². The van der Waals surface area contributed by atoms with Crippen LogP contribution < -0.4 is 10.2 Å². The van der Waals surface area contributed by atoms with Crippen molar-refractivity contribution in [3.8, 4) is 5.00 Å². The van der Waals surface area contributed by atoms with Gasteiger partial charge in [0.1, 0.15) is 5.00 Å². The molecule has 0 saturated carbocycles. The summed E-state index contributed by atoms with van der Waals surface area (Å²) in [5.41, 5.74) is 1.85. The number of carbonyl (C=O) groups excluding carboxylic acids is 1. The molecule has 152 valence electrons. The normalized spacial score (nSPS) is 14.9. The molecule has 1 aliphatic rings. The second-order valence-electron chi connectivity index (χ2n) is 7.19. The van der Waals surface area contributed by atoms with Crippen LogP contribution in [0.1, 0.15) is 20.8 Å². The molecule has 1 fully saturated rings. The number of nitrogens with one attached hydrogen (secondary N) is 1. The molecule has 3 aromatic rings. The van der Waals surface area contributed by atoms with E-state index >= 15 is 0 Å². The highest BCUT2D eigenvalue weighted by Crippen LogP contribution is 2.30. The number of piperazine rings is 1. The van der Waals surface area contributed by atoms with E-state index in [0.717, 1.165) is 54.8 Å². The number of amides is 1. The maximum atomic E-state index is 12.9. The Balaban J connectivity index is 1.30. The van der Waals surface area contributed by atoms with Crippen LogP contribution in [0.15, 0.2) is 43.0 Å². The smallest absolute Gasteiger partial charge is 0.254 e. The quantitative estimate of drug-likeness (QED) is 0.676. The Labute approximate surface area is 175 Å². The van der Waals surface area contributed by atoms with Crippen LogP contribution >= 0.6 is 11.3 Å². The number of thiophene rings is 1. The number of nitrogens with zero attached hydrogens (tertiary/aromatic N) is 5. The first kappa shape index (κ1) is 19.6. The Hall–Kier alpha value is -2.71. The van der Waals surface area contributed by atoms with Gasteiger partial charge >= 0.3 is 0 Å². The largest absolute Gasteiger partial charge is 0.351 e. The molecule has 4 rings (SSSR count). The summed E-state index contributed by atoms with van der Waals surface area (Å²) in [6.07, 6.45) is 7.52. The Bertz CT molecular complexity index is 945. The molecule has 3 aromatic heterocycles. The lowest BCUT2D eigenvalue weighted by Crippen LogP contribution is -2.49. The minimum absolute atomic E-state index is 0.00636. The van der Waals surface area contributed by atoms with Crippen molar-refractivity contribution >= 4 is 23.2 Å². The van der Waals surface area contributed by atoms with Crippen molar-refractivity contribution in [1.82, 2.24) is 24.8 Å². The standard InChI is InChI=1S/C21H26N6OS/c1-16-17(2)29-20(26-9-3-4-10-26)18(16)19(28)22-8-11-25-12-14-27(15-13-25)21-23-6-5-7-24-21/h3-7,9-10H,8,11-15H2,1-2H3,(H,22,28). The number of anilines is 1. The van der Waals surface area contributed by atoms with Crippen LogP contribution in [0.4, 0.5) is 5.95 Å². The molecule has 0 radical (unpaired) electrons. The number of hydrogen-bond acceptors (Lipinski definition) is 6. The Morgan fingerprint density at radius 2 is 1.76 bits per heavy atom. The van der Waals surface area contributed by atoms with Crippen molar-refractivity contribution in [3.63, 3.8) is 0 Å². The maximum absolute atomic E-state index is 12.9. The minimum atomic E-state index is 0.00636. The molecule has 0 bridgehead atoms. The average molecular weight is 411 g/mol. The topological polar surface area (TPSA) is 66.3 Å². The number of carbonyl (C=O) groups is 1. The minimum Gasteiger partial charge on any atom is -0.351 e. The Morgan fingerprint density at radius 3 is 2.45 bits per heavy atom. The lowest BCUT2D eigenvalue weighted by Gasteiger charge is -2.34. The maximum Gasteiger partial charge on any atom is 0.254 e. The highest BCUT2D eigenvalue weighted by Gasteiger charge is 2.21. The fraction of sp³-hybridized carbons (Fsp3) is 0.381. The van der Waals surface area contributed by atoms with E-state index in [1.807, 2.05) is 42.1 Å². The van der Waals surface area contributed by atoms with Gasteiger partial charge in [0.15, 0.2) is 0 Å². The molecular weight excluding hydrogens is 384 g/mol. The summed E-state index contributed by atoms with van der Waals surface area (Å²) in [4.78, 5) is 27.3. The number of aryl methyl sites for hydroxylation is 1. The van der Waals surface area contributed by atoms with Gasteiger partial charge in [-0.15, -0.1) is 11.3 Å². The number of rotatable bonds is 6. The molecule has 7 nitrogen and oxygen atoms in total. The first-order valence-corrected chi connectivity index (χ1v) is 10.7. The molecular formula is C21H26N6OS. The van der Waals surface area contributed by atoms with Crippen LogP contribution in [-0.4, -0.2) is 64.6 Å². The lowest BCUT2D eigenvalue weighted by molar-refractivity contribution is 0.0947. The van der Waals surface area contributed by atoms with E-state index in [1.165, 1.54) is 4.88 Å². The molecule has 1 amide bonds. The molecule has 1 saturated heterocycles. The van der Waals surface area contributed by atoms with E-state index in [9.17, 15) is 4.79 Å². The molecule has 4 heterocycles. The molecule has 0 aliphatic carbocycles. The monoisotopic (exact) mass is 410 g/mol. The lowest BCUT2D eigenvalue weighted by atomic mass is 10.1. The third kappa shape index (κ3) is 4.33. The van der Waals surface area contributed by atoms with Crippen LogP contribution in [0.2, 0.25) is 0 Å². The summed E-state index contributed by atoms with van der Waals surface area (Å²) >= 11 is 1.66. The predicted molar refractivity (Wildman–Crippen MR) is 116 cm³/mol. The molecule has 1 N–H and O–H groups in total. The van der Waals surface area contributed by atoms with E-state index < -0.39 is 0 Å². The highest BCUT2D eigenvalue weighted by molar-refractivity contribution is 7.15. The molecule has 29 heavy (non-hydrogen) atoms. The zero-order valence-corrected chi connectivity index (χ0v) is 17.7. The van der Waals surface area contributed by atoms with Crippen molar-refractivity contribution in [2.75, 3.05) is 44.2 Å². The molecule has 0 unspecified atom stereocenters. The van der Waals surface area contributed by atoms with E-state index in [2.05, 4.69) is 32.0 Å². The molecule has 0 aromatic carbocycles. The number of hydrogen-bond donors (Lipinski definition) is 1. The summed E-state index contributed by atoms with van der Waals surface area (Å²) < 4.78 is 2.02. The average Bonchev–Trinajstić information content (AvgIpc) is 3.38. The van der Waals surface area contributed by atoms with Crippen molar-refractivity contribution in [3.05, 3.63) is 59.0 Å². The summed E-state index contributed by atoms with van der Waals surface area (Å²) in [5, 5.41) is 4.11. The third-order valence-corrected chi connectivity index (χ3v) is 6.57. The van der Waals surface area contributed by atoms with Crippen LogP contribution in [0, 0.1) is 13.8 Å². The van der Waals surface area contributed by atoms with E-state index in [0.29, 0.717) is 6.54 Å².